The predicted octanol–water partition coefficient (Wildman–Crippen LogP) is 3.50. The highest BCUT2D eigenvalue weighted by molar-refractivity contribution is 7.52. The summed E-state index contributed by atoms with van der Waals surface area (Å²) in [5.74, 6) is -0.288. The molecule has 3 aromatic rings. The zero-order chi connectivity index (χ0) is 23.1. The molecule has 9 nitrogen and oxygen atoms in total. The van der Waals surface area contributed by atoms with Gasteiger partial charge in [-0.2, -0.15) is 0 Å². The Morgan fingerprint density at radius 2 is 1.91 bits per heavy atom. The molecule has 0 amide bonds. The first-order chi connectivity index (χ1) is 15.3. The van der Waals surface area contributed by atoms with Crippen molar-refractivity contribution in [1.82, 2.24) is 5.09 Å². The molecule has 0 aliphatic heterocycles. The Morgan fingerprint density at radius 3 is 2.62 bits per heavy atom. The summed E-state index contributed by atoms with van der Waals surface area (Å²) in [6.07, 6.45) is 0. The number of anilines is 1. The zero-order valence-corrected chi connectivity index (χ0v) is 19.0. The second-order valence-electron chi connectivity index (χ2n) is 6.97. The van der Waals surface area contributed by atoms with Gasteiger partial charge < -0.3 is 18.6 Å². The van der Waals surface area contributed by atoms with E-state index in [-0.39, 0.29) is 19.7 Å². The number of ether oxygens (including phenoxy) is 1. The van der Waals surface area contributed by atoms with Crippen LogP contribution in [0.2, 0.25) is 0 Å². The highest BCUT2D eigenvalue weighted by Crippen LogP contribution is 2.44. The lowest BCUT2D eigenvalue weighted by molar-refractivity contribution is -0.139. The molecular formula is C22H25N2O7P. The van der Waals surface area contributed by atoms with Gasteiger partial charge in [-0.05, 0) is 30.7 Å². The third kappa shape index (κ3) is 5.97. The predicted molar refractivity (Wildman–Crippen MR) is 121 cm³/mol. The quantitative estimate of drug-likeness (QED) is 0.276. The molecule has 32 heavy (non-hydrogen) atoms. The molecule has 0 radical (unpaired) electrons. The fourth-order valence-electron chi connectivity index (χ4n) is 3.00. The molecule has 0 saturated carbocycles. The van der Waals surface area contributed by atoms with E-state index in [1.807, 2.05) is 25.1 Å². The number of para-hydroxylation sites is 2. The maximum atomic E-state index is 13.2. The smallest absolute Gasteiger partial charge is 0.459 e. The Morgan fingerprint density at radius 1 is 1.16 bits per heavy atom. The Hall–Kier alpha value is -3.13. The van der Waals surface area contributed by atoms with Crippen LogP contribution in [-0.4, -0.2) is 39.8 Å². The van der Waals surface area contributed by atoms with E-state index in [0.29, 0.717) is 17.0 Å². The Labute approximate surface area is 185 Å². The number of fused-ring (bicyclic) bond motifs is 1. The van der Waals surface area contributed by atoms with Crippen molar-refractivity contribution < 1.29 is 27.6 Å². The van der Waals surface area contributed by atoms with E-state index in [1.54, 1.807) is 42.3 Å². The molecule has 10 heteroatoms. The highest BCUT2D eigenvalue weighted by atomic mass is 31.2. The molecule has 170 valence electrons. The van der Waals surface area contributed by atoms with Crippen molar-refractivity contribution in [3.63, 3.8) is 0 Å². The van der Waals surface area contributed by atoms with Gasteiger partial charge in [0.1, 0.15) is 17.9 Å². The highest BCUT2D eigenvalue weighted by Gasteiger charge is 2.28. The van der Waals surface area contributed by atoms with Crippen LogP contribution >= 0.6 is 7.75 Å². The zero-order valence-electron chi connectivity index (χ0n) is 18.1. The lowest BCUT2D eigenvalue weighted by Crippen LogP contribution is -2.28. The second-order valence-corrected chi connectivity index (χ2v) is 8.72. The number of likely N-dealkylation sites (N-methyl/N-ethyl adjacent to an activating group) is 1. The van der Waals surface area contributed by atoms with E-state index in [4.69, 9.17) is 13.5 Å². The van der Waals surface area contributed by atoms with Crippen LogP contribution in [0.3, 0.4) is 0 Å². The number of carbonyl (C=O) groups is 1. The van der Waals surface area contributed by atoms with Crippen LogP contribution in [0.25, 0.3) is 11.0 Å². The number of aryl methyl sites for hydroxylation is 1. The Bertz CT molecular complexity index is 1180. The SMILES string of the molecule is COC(=O)CNP(=O)(OCCN(C)c1cc(=O)oc2c(C)cccc12)Oc1ccccc1. The average Bonchev–Trinajstić information content (AvgIpc) is 2.78. The molecule has 0 bridgehead atoms. The van der Waals surface area contributed by atoms with Gasteiger partial charge in [0.25, 0.3) is 0 Å². The fraction of sp³-hybridized carbons (Fsp3) is 0.273. The van der Waals surface area contributed by atoms with Crippen molar-refractivity contribution >= 4 is 30.4 Å². The normalized spacial score (nSPS) is 12.8. The molecule has 0 spiro atoms. The van der Waals surface area contributed by atoms with Crippen LogP contribution < -0.4 is 20.1 Å². The standard InChI is InChI=1S/C22H25N2O7P/c1-16-8-7-11-18-19(14-20(25)30-22(16)18)24(2)12-13-29-32(27,23-15-21(26)28-3)31-17-9-5-4-6-10-17/h4-11,14H,12-13,15H2,1-3H3,(H,23,27). The van der Waals surface area contributed by atoms with Crippen molar-refractivity contribution in [2.75, 3.05) is 38.8 Å². The fourth-order valence-corrected chi connectivity index (χ4v) is 4.25. The number of methoxy groups -OCH3 is 1. The Balaban J connectivity index is 1.73. The Kier molecular flexibility index (Phi) is 7.69. The summed E-state index contributed by atoms with van der Waals surface area (Å²) in [5, 5.41) is 3.29. The molecule has 0 aliphatic carbocycles. The molecule has 1 unspecified atom stereocenters. The lowest BCUT2D eigenvalue weighted by Gasteiger charge is -2.23. The average molecular weight is 460 g/mol. The minimum atomic E-state index is -3.88. The summed E-state index contributed by atoms with van der Waals surface area (Å²) in [4.78, 5) is 25.3. The van der Waals surface area contributed by atoms with E-state index >= 15 is 0 Å². The molecule has 2 aromatic carbocycles. The molecule has 1 atom stereocenters. The minimum absolute atomic E-state index is 0.0116. The summed E-state index contributed by atoms with van der Waals surface area (Å²) < 4.78 is 34.2. The summed E-state index contributed by atoms with van der Waals surface area (Å²) in [5.41, 5.74) is 1.55. The number of hydrogen-bond donors (Lipinski definition) is 1. The van der Waals surface area contributed by atoms with Crippen LogP contribution in [0.4, 0.5) is 5.69 Å². The number of hydrogen-bond acceptors (Lipinski definition) is 8. The van der Waals surface area contributed by atoms with Gasteiger partial charge in [0.15, 0.2) is 0 Å². The molecule has 0 saturated heterocycles. The van der Waals surface area contributed by atoms with Gasteiger partial charge in [0.2, 0.25) is 0 Å². The number of carbonyl (C=O) groups excluding carboxylic acids is 1. The molecule has 3 rings (SSSR count). The topological polar surface area (TPSA) is 107 Å². The van der Waals surface area contributed by atoms with Crippen molar-refractivity contribution in [3.05, 3.63) is 70.6 Å². The molecule has 1 N–H and O–H groups in total. The lowest BCUT2D eigenvalue weighted by atomic mass is 10.1. The van der Waals surface area contributed by atoms with Crippen molar-refractivity contribution in [2.24, 2.45) is 0 Å². The van der Waals surface area contributed by atoms with Crippen LogP contribution in [0.5, 0.6) is 5.75 Å². The van der Waals surface area contributed by atoms with Crippen molar-refractivity contribution in [2.45, 2.75) is 6.92 Å². The van der Waals surface area contributed by atoms with Crippen LogP contribution in [0.1, 0.15) is 5.56 Å². The minimum Gasteiger partial charge on any atom is -0.468 e. The monoisotopic (exact) mass is 460 g/mol. The first kappa shape index (κ1) is 23.5. The van der Waals surface area contributed by atoms with E-state index in [1.165, 1.54) is 13.2 Å². The molecule has 0 fully saturated rings. The van der Waals surface area contributed by atoms with Crippen LogP contribution in [0.15, 0.2) is 63.8 Å². The summed E-state index contributed by atoms with van der Waals surface area (Å²) >= 11 is 0. The van der Waals surface area contributed by atoms with Gasteiger partial charge in [-0.3, -0.25) is 9.32 Å². The maximum absolute atomic E-state index is 13.2. The molecular weight excluding hydrogens is 435 g/mol. The van der Waals surface area contributed by atoms with Gasteiger partial charge in [-0.15, -0.1) is 0 Å². The molecule has 1 heterocycles. The molecule has 0 aliphatic rings. The van der Waals surface area contributed by atoms with Gasteiger partial charge in [0, 0.05) is 25.0 Å². The summed E-state index contributed by atoms with van der Waals surface area (Å²) in [7, 11) is -0.869. The number of nitrogens with one attached hydrogen (secondary N) is 1. The van der Waals surface area contributed by atoms with Gasteiger partial charge in [-0.25, -0.2) is 14.4 Å². The summed E-state index contributed by atoms with van der Waals surface area (Å²) in [6.45, 7) is 1.79. The number of benzene rings is 2. The number of rotatable bonds is 10. The van der Waals surface area contributed by atoms with Gasteiger partial charge in [-0.1, -0.05) is 30.3 Å². The van der Waals surface area contributed by atoms with E-state index in [2.05, 4.69) is 9.82 Å². The number of esters is 1. The van der Waals surface area contributed by atoms with Crippen LogP contribution in [-0.2, 0) is 18.6 Å². The van der Waals surface area contributed by atoms with E-state index in [9.17, 15) is 14.2 Å². The first-order valence-electron chi connectivity index (χ1n) is 9.87. The first-order valence-corrected chi connectivity index (χ1v) is 11.4. The third-order valence-corrected chi connectivity index (χ3v) is 6.18. The maximum Gasteiger partial charge on any atom is 0.459 e. The summed E-state index contributed by atoms with van der Waals surface area (Å²) in [6, 6.07) is 15.5. The van der Waals surface area contributed by atoms with E-state index in [0.717, 1.165) is 10.9 Å². The second kappa shape index (κ2) is 10.5. The van der Waals surface area contributed by atoms with Crippen molar-refractivity contribution in [1.29, 1.82) is 0 Å². The van der Waals surface area contributed by atoms with Gasteiger partial charge >= 0.3 is 19.3 Å². The largest absolute Gasteiger partial charge is 0.468 e. The van der Waals surface area contributed by atoms with Gasteiger partial charge in [0.05, 0.1) is 19.4 Å². The number of nitrogens with zero attached hydrogens (tertiary/aromatic N) is 1. The van der Waals surface area contributed by atoms with E-state index < -0.39 is 19.3 Å². The van der Waals surface area contributed by atoms with Crippen molar-refractivity contribution in [3.8, 4) is 5.75 Å². The van der Waals surface area contributed by atoms with Crippen LogP contribution in [0, 0.1) is 6.92 Å². The third-order valence-electron chi connectivity index (χ3n) is 4.66. The molecule has 1 aromatic heterocycles.